The maximum Gasteiger partial charge on any atom is 0.414 e. The quantitative estimate of drug-likeness (QED) is 0.640. The molecule has 0 aromatic heterocycles. The second kappa shape index (κ2) is 7.14. The standard InChI is InChI=1S/C15H23N3O2/c1-2-3-10-20-15(19)18(14-8-9-17-11-14)13-6-4-12(16)5-7-13/h4-7,14,17H,2-3,8-11,16H2,1H3. The molecule has 1 aliphatic rings. The van der Waals surface area contributed by atoms with E-state index in [2.05, 4.69) is 12.2 Å². The smallest absolute Gasteiger partial charge is 0.414 e. The third-order valence-corrected chi connectivity index (χ3v) is 3.49. The molecule has 0 spiro atoms. The van der Waals surface area contributed by atoms with Gasteiger partial charge < -0.3 is 15.8 Å². The normalized spacial score (nSPS) is 17.9. The second-order valence-corrected chi connectivity index (χ2v) is 5.08. The molecule has 2 rings (SSSR count). The Morgan fingerprint density at radius 3 is 2.80 bits per heavy atom. The number of nitrogens with one attached hydrogen (secondary N) is 1. The molecule has 0 bridgehead atoms. The zero-order valence-corrected chi connectivity index (χ0v) is 12.0. The van der Waals surface area contributed by atoms with Crippen molar-refractivity contribution in [1.82, 2.24) is 5.32 Å². The number of carbonyl (C=O) groups is 1. The molecule has 1 unspecified atom stereocenters. The van der Waals surface area contributed by atoms with E-state index >= 15 is 0 Å². The predicted octanol–water partition coefficient (Wildman–Crippen LogP) is 2.37. The molecule has 5 heteroatoms. The van der Waals surface area contributed by atoms with E-state index in [4.69, 9.17) is 10.5 Å². The van der Waals surface area contributed by atoms with Crippen LogP contribution in [0.4, 0.5) is 16.2 Å². The van der Waals surface area contributed by atoms with Crippen LogP contribution in [0.15, 0.2) is 24.3 Å². The lowest BCUT2D eigenvalue weighted by Crippen LogP contribution is -2.42. The molecular weight excluding hydrogens is 254 g/mol. The van der Waals surface area contributed by atoms with Crippen molar-refractivity contribution in [3.8, 4) is 0 Å². The van der Waals surface area contributed by atoms with Gasteiger partial charge in [0, 0.05) is 17.9 Å². The first-order valence-electron chi connectivity index (χ1n) is 7.24. The Hall–Kier alpha value is -1.75. The molecule has 5 nitrogen and oxygen atoms in total. The van der Waals surface area contributed by atoms with Crippen LogP contribution in [-0.4, -0.2) is 31.8 Å². The van der Waals surface area contributed by atoms with Crippen LogP contribution < -0.4 is 16.0 Å². The minimum absolute atomic E-state index is 0.146. The topological polar surface area (TPSA) is 67.6 Å². The van der Waals surface area contributed by atoms with Crippen molar-refractivity contribution < 1.29 is 9.53 Å². The molecule has 1 aromatic carbocycles. The van der Waals surface area contributed by atoms with Crippen LogP contribution in [0.1, 0.15) is 26.2 Å². The molecule has 0 saturated carbocycles. The number of carbonyl (C=O) groups excluding carboxylic acids is 1. The molecule has 1 saturated heterocycles. The maximum atomic E-state index is 12.3. The largest absolute Gasteiger partial charge is 0.449 e. The monoisotopic (exact) mass is 277 g/mol. The van der Waals surface area contributed by atoms with Gasteiger partial charge >= 0.3 is 6.09 Å². The summed E-state index contributed by atoms with van der Waals surface area (Å²) in [5.74, 6) is 0. The molecule has 110 valence electrons. The Balaban J connectivity index is 2.11. The average molecular weight is 277 g/mol. The van der Waals surface area contributed by atoms with Crippen LogP contribution >= 0.6 is 0 Å². The number of nitrogens with zero attached hydrogens (tertiary/aromatic N) is 1. The molecule has 0 radical (unpaired) electrons. The summed E-state index contributed by atoms with van der Waals surface area (Å²) < 4.78 is 5.37. The van der Waals surface area contributed by atoms with Gasteiger partial charge in [-0.3, -0.25) is 4.90 Å². The van der Waals surface area contributed by atoms with E-state index in [1.54, 1.807) is 4.90 Å². The molecule has 1 aliphatic heterocycles. The van der Waals surface area contributed by atoms with Gasteiger partial charge in [0.25, 0.3) is 0 Å². The molecule has 1 heterocycles. The predicted molar refractivity (Wildman–Crippen MR) is 80.9 cm³/mol. The lowest BCUT2D eigenvalue weighted by Gasteiger charge is -2.27. The summed E-state index contributed by atoms with van der Waals surface area (Å²) in [6.45, 7) is 4.28. The van der Waals surface area contributed by atoms with E-state index in [0.29, 0.717) is 12.3 Å². The number of ether oxygens (including phenoxy) is 1. The summed E-state index contributed by atoms with van der Waals surface area (Å²) in [6, 6.07) is 7.50. The summed E-state index contributed by atoms with van der Waals surface area (Å²) in [5, 5.41) is 3.28. The van der Waals surface area contributed by atoms with Gasteiger partial charge in [0.1, 0.15) is 0 Å². The molecule has 1 fully saturated rings. The van der Waals surface area contributed by atoms with Gasteiger partial charge in [-0.2, -0.15) is 0 Å². The third kappa shape index (κ3) is 3.63. The lowest BCUT2D eigenvalue weighted by molar-refractivity contribution is 0.150. The molecular formula is C15H23N3O2. The number of hydrogen-bond donors (Lipinski definition) is 2. The number of hydrogen-bond acceptors (Lipinski definition) is 4. The fraction of sp³-hybridized carbons (Fsp3) is 0.533. The molecule has 0 aliphatic carbocycles. The van der Waals surface area contributed by atoms with Gasteiger partial charge in [0.15, 0.2) is 0 Å². The van der Waals surface area contributed by atoms with Crippen molar-refractivity contribution in [3.05, 3.63) is 24.3 Å². The number of rotatable bonds is 5. The summed E-state index contributed by atoms with van der Waals surface area (Å²) in [4.78, 5) is 14.1. The highest BCUT2D eigenvalue weighted by atomic mass is 16.6. The Morgan fingerprint density at radius 2 is 2.20 bits per heavy atom. The number of nitrogens with two attached hydrogens (primary N) is 1. The van der Waals surface area contributed by atoms with E-state index in [1.807, 2.05) is 24.3 Å². The van der Waals surface area contributed by atoms with Crippen molar-refractivity contribution in [3.63, 3.8) is 0 Å². The van der Waals surface area contributed by atoms with Crippen molar-refractivity contribution in [1.29, 1.82) is 0 Å². The van der Waals surface area contributed by atoms with E-state index in [-0.39, 0.29) is 12.1 Å². The minimum Gasteiger partial charge on any atom is -0.449 e. The molecule has 20 heavy (non-hydrogen) atoms. The van der Waals surface area contributed by atoms with Gasteiger partial charge in [-0.25, -0.2) is 4.79 Å². The zero-order chi connectivity index (χ0) is 14.4. The fourth-order valence-electron chi connectivity index (χ4n) is 2.33. The van der Waals surface area contributed by atoms with E-state index in [1.165, 1.54) is 0 Å². The van der Waals surface area contributed by atoms with Crippen molar-refractivity contribution >= 4 is 17.5 Å². The van der Waals surface area contributed by atoms with Gasteiger partial charge in [0.05, 0.1) is 12.6 Å². The van der Waals surface area contributed by atoms with Gasteiger partial charge in [-0.15, -0.1) is 0 Å². The highest BCUT2D eigenvalue weighted by molar-refractivity contribution is 5.88. The first-order chi connectivity index (χ1) is 9.72. The first kappa shape index (κ1) is 14.7. The average Bonchev–Trinajstić information content (AvgIpc) is 2.95. The number of amides is 1. The Labute approximate surface area is 120 Å². The lowest BCUT2D eigenvalue weighted by atomic mass is 10.2. The maximum absolute atomic E-state index is 12.3. The van der Waals surface area contributed by atoms with Crippen molar-refractivity contribution in [2.75, 3.05) is 30.3 Å². The van der Waals surface area contributed by atoms with Crippen LogP contribution in [0, 0.1) is 0 Å². The minimum atomic E-state index is -0.267. The second-order valence-electron chi connectivity index (χ2n) is 5.08. The molecule has 1 amide bonds. The van der Waals surface area contributed by atoms with E-state index in [0.717, 1.165) is 38.0 Å². The van der Waals surface area contributed by atoms with E-state index in [9.17, 15) is 4.79 Å². The SMILES string of the molecule is CCCCOC(=O)N(c1ccc(N)cc1)C1CCNC1. The Kier molecular flexibility index (Phi) is 5.24. The zero-order valence-electron chi connectivity index (χ0n) is 12.0. The van der Waals surface area contributed by atoms with Gasteiger partial charge in [0.2, 0.25) is 0 Å². The van der Waals surface area contributed by atoms with Gasteiger partial charge in [-0.05, 0) is 43.7 Å². The number of nitrogen functional groups attached to an aromatic ring is 1. The summed E-state index contributed by atoms with van der Waals surface area (Å²) in [5.41, 5.74) is 7.24. The van der Waals surface area contributed by atoms with Crippen molar-refractivity contribution in [2.45, 2.75) is 32.2 Å². The van der Waals surface area contributed by atoms with Crippen LogP contribution in [-0.2, 0) is 4.74 Å². The van der Waals surface area contributed by atoms with Crippen molar-refractivity contribution in [2.24, 2.45) is 0 Å². The van der Waals surface area contributed by atoms with Crippen LogP contribution in [0.25, 0.3) is 0 Å². The Morgan fingerprint density at radius 1 is 1.45 bits per heavy atom. The molecule has 3 N–H and O–H groups in total. The molecule has 1 atom stereocenters. The summed E-state index contributed by atoms with van der Waals surface area (Å²) >= 11 is 0. The van der Waals surface area contributed by atoms with Crippen LogP contribution in [0.5, 0.6) is 0 Å². The van der Waals surface area contributed by atoms with Crippen LogP contribution in [0.2, 0.25) is 0 Å². The fourth-order valence-corrected chi connectivity index (χ4v) is 2.33. The molecule has 1 aromatic rings. The highest BCUT2D eigenvalue weighted by Gasteiger charge is 2.28. The van der Waals surface area contributed by atoms with Gasteiger partial charge in [-0.1, -0.05) is 13.3 Å². The first-order valence-corrected chi connectivity index (χ1v) is 7.24. The Bertz CT molecular complexity index is 427. The number of anilines is 2. The number of benzene rings is 1. The van der Waals surface area contributed by atoms with E-state index < -0.39 is 0 Å². The number of unbranched alkanes of at least 4 members (excludes halogenated alkanes) is 1. The van der Waals surface area contributed by atoms with Crippen LogP contribution in [0.3, 0.4) is 0 Å². The third-order valence-electron chi connectivity index (χ3n) is 3.49. The summed E-state index contributed by atoms with van der Waals surface area (Å²) in [7, 11) is 0. The summed E-state index contributed by atoms with van der Waals surface area (Å²) in [6.07, 6.45) is 2.58. The highest BCUT2D eigenvalue weighted by Crippen LogP contribution is 2.22.